The molecule has 1 saturated heterocycles. The van der Waals surface area contributed by atoms with Crippen molar-refractivity contribution in [1.82, 2.24) is 10.6 Å². The van der Waals surface area contributed by atoms with Crippen LogP contribution in [0.15, 0.2) is 0 Å². The highest BCUT2D eigenvalue weighted by Gasteiger charge is 2.26. The second-order valence-corrected chi connectivity index (χ2v) is 3.38. The Labute approximate surface area is 77.1 Å². The number of carbonyl (C=O) groups excluding carboxylic acids is 2. The summed E-state index contributed by atoms with van der Waals surface area (Å²) in [6, 6.07) is -0.410. The highest BCUT2D eigenvalue weighted by Crippen LogP contribution is 2.05. The third-order valence-electron chi connectivity index (χ3n) is 1.91. The predicted molar refractivity (Wildman–Crippen MR) is 47.8 cm³/mol. The molecule has 5 nitrogen and oxygen atoms in total. The molecule has 4 N–H and O–H groups in total. The predicted octanol–water partition coefficient (Wildman–Crippen LogP) is -1.27. The van der Waals surface area contributed by atoms with Gasteiger partial charge in [-0.3, -0.25) is 9.59 Å². The van der Waals surface area contributed by atoms with Crippen molar-refractivity contribution in [3.8, 4) is 0 Å². The molecule has 1 rings (SSSR count). The summed E-state index contributed by atoms with van der Waals surface area (Å²) in [6.45, 7) is 2.26. The topological polar surface area (TPSA) is 84.2 Å². The quantitative estimate of drug-likeness (QED) is 0.512. The van der Waals surface area contributed by atoms with E-state index in [2.05, 4.69) is 10.6 Å². The smallest absolute Gasteiger partial charge is 0.242 e. The van der Waals surface area contributed by atoms with E-state index in [0.29, 0.717) is 19.4 Å². The van der Waals surface area contributed by atoms with E-state index < -0.39 is 0 Å². The van der Waals surface area contributed by atoms with Crippen LogP contribution in [0, 0.1) is 0 Å². The molecule has 0 aromatic heterocycles. The number of carbonyl (C=O) groups is 2. The van der Waals surface area contributed by atoms with Crippen molar-refractivity contribution < 1.29 is 9.59 Å². The molecule has 13 heavy (non-hydrogen) atoms. The third kappa shape index (κ3) is 3.02. The number of amides is 2. The van der Waals surface area contributed by atoms with E-state index in [1.807, 2.05) is 6.92 Å². The Morgan fingerprint density at radius 1 is 1.85 bits per heavy atom. The first-order chi connectivity index (χ1) is 6.09. The molecule has 1 aliphatic rings. The summed E-state index contributed by atoms with van der Waals surface area (Å²) in [6.07, 6.45) is 1.03. The Kier molecular flexibility index (Phi) is 3.25. The minimum atomic E-state index is -0.355. The van der Waals surface area contributed by atoms with Crippen molar-refractivity contribution in [3.05, 3.63) is 0 Å². The number of rotatable bonds is 3. The molecular weight excluding hydrogens is 170 g/mol. The first-order valence-electron chi connectivity index (χ1n) is 4.42. The average molecular weight is 185 g/mol. The second kappa shape index (κ2) is 4.23. The van der Waals surface area contributed by atoms with E-state index in [1.54, 1.807) is 0 Å². The van der Waals surface area contributed by atoms with E-state index >= 15 is 0 Å². The fourth-order valence-corrected chi connectivity index (χ4v) is 1.20. The van der Waals surface area contributed by atoms with Gasteiger partial charge >= 0.3 is 0 Å². The molecule has 1 heterocycles. The first-order valence-corrected chi connectivity index (χ1v) is 4.42. The maximum absolute atomic E-state index is 11.3. The van der Waals surface area contributed by atoms with Crippen LogP contribution in [-0.2, 0) is 9.59 Å². The van der Waals surface area contributed by atoms with Crippen molar-refractivity contribution >= 4 is 11.8 Å². The fourth-order valence-electron chi connectivity index (χ4n) is 1.20. The molecule has 0 aromatic carbocycles. The summed E-state index contributed by atoms with van der Waals surface area (Å²) < 4.78 is 0. The summed E-state index contributed by atoms with van der Waals surface area (Å²) in [4.78, 5) is 22.1. The van der Waals surface area contributed by atoms with Crippen molar-refractivity contribution in [1.29, 1.82) is 0 Å². The Morgan fingerprint density at radius 3 is 3.00 bits per heavy atom. The average Bonchev–Trinajstić information content (AvgIpc) is 2.47. The van der Waals surface area contributed by atoms with Gasteiger partial charge < -0.3 is 16.4 Å². The zero-order chi connectivity index (χ0) is 9.84. The molecule has 0 saturated carbocycles. The van der Waals surface area contributed by atoms with Crippen LogP contribution in [0.4, 0.5) is 0 Å². The molecule has 0 radical (unpaired) electrons. The number of nitrogens with two attached hydrogens (primary N) is 1. The SMILES string of the molecule is CC(N)CNC(=O)[C@H]1CCC(=O)N1. The molecule has 0 aliphatic carbocycles. The number of nitrogens with one attached hydrogen (secondary N) is 2. The minimum absolute atomic E-state index is 0.0546. The van der Waals surface area contributed by atoms with Gasteiger partial charge in [0.2, 0.25) is 11.8 Å². The molecule has 2 atom stereocenters. The highest BCUT2D eigenvalue weighted by molar-refractivity contribution is 5.90. The normalized spacial score (nSPS) is 23.8. The first kappa shape index (κ1) is 9.98. The molecule has 5 heteroatoms. The van der Waals surface area contributed by atoms with E-state index in [-0.39, 0.29) is 23.9 Å². The molecule has 1 fully saturated rings. The van der Waals surface area contributed by atoms with Gasteiger partial charge in [-0.15, -0.1) is 0 Å². The lowest BCUT2D eigenvalue weighted by atomic mass is 10.2. The summed E-state index contributed by atoms with van der Waals surface area (Å²) in [5.41, 5.74) is 5.46. The van der Waals surface area contributed by atoms with Gasteiger partial charge in [-0.25, -0.2) is 0 Å². The van der Waals surface area contributed by atoms with E-state index in [0.717, 1.165) is 0 Å². The van der Waals surface area contributed by atoms with Crippen LogP contribution in [0.5, 0.6) is 0 Å². The van der Waals surface area contributed by atoms with Gasteiger partial charge in [0.15, 0.2) is 0 Å². The number of hydrogen-bond donors (Lipinski definition) is 3. The maximum atomic E-state index is 11.3. The zero-order valence-electron chi connectivity index (χ0n) is 7.67. The van der Waals surface area contributed by atoms with Gasteiger partial charge in [-0.05, 0) is 13.3 Å². The van der Waals surface area contributed by atoms with Crippen LogP contribution in [0.1, 0.15) is 19.8 Å². The Morgan fingerprint density at radius 2 is 2.54 bits per heavy atom. The van der Waals surface area contributed by atoms with Gasteiger partial charge in [-0.2, -0.15) is 0 Å². The Hall–Kier alpha value is -1.10. The molecular formula is C8H15N3O2. The summed E-state index contributed by atoms with van der Waals surface area (Å²) in [5.74, 6) is -0.191. The van der Waals surface area contributed by atoms with Crippen LogP contribution in [0.3, 0.4) is 0 Å². The van der Waals surface area contributed by atoms with Crippen molar-refractivity contribution in [2.45, 2.75) is 31.8 Å². The molecule has 0 aromatic rings. The fraction of sp³-hybridized carbons (Fsp3) is 0.750. The largest absolute Gasteiger partial charge is 0.353 e. The molecule has 1 aliphatic heterocycles. The van der Waals surface area contributed by atoms with E-state index in [1.165, 1.54) is 0 Å². The van der Waals surface area contributed by atoms with Crippen molar-refractivity contribution in [3.63, 3.8) is 0 Å². The minimum Gasteiger partial charge on any atom is -0.353 e. The summed E-state index contributed by atoms with van der Waals surface area (Å²) >= 11 is 0. The summed E-state index contributed by atoms with van der Waals surface area (Å²) in [5, 5.41) is 5.25. The van der Waals surface area contributed by atoms with E-state index in [9.17, 15) is 9.59 Å². The van der Waals surface area contributed by atoms with Crippen molar-refractivity contribution in [2.75, 3.05) is 6.54 Å². The number of hydrogen-bond acceptors (Lipinski definition) is 3. The molecule has 74 valence electrons. The summed E-state index contributed by atoms with van der Waals surface area (Å²) in [7, 11) is 0. The Bertz CT molecular complexity index is 215. The van der Waals surface area contributed by atoms with Crippen LogP contribution in [0.2, 0.25) is 0 Å². The van der Waals surface area contributed by atoms with Crippen molar-refractivity contribution in [2.24, 2.45) is 5.73 Å². The highest BCUT2D eigenvalue weighted by atomic mass is 16.2. The molecule has 0 spiro atoms. The van der Waals surface area contributed by atoms with E-state index in [4.69, 9.17) is 5.73 Å². The van der Waals surface area contributed by atoms with Gasteiger partial charge in [-0.1, -0.05) is 0 Å². The van der Waals surface area contributed by atoms with Crippen LogP contribution >= 0.6 is 0 Å². The molecule has 1 unspecified atom stereocenters. The standard InChI is InChI=1S/C8H15N3O2/c1-5(9)4-10-8(13)6-2-3-7(12)11-6/h5-6H,2-4,9H2,1H3,(H,10,13)(H,11,12)/t5?,6-/m1/s1. The van der Waals surface area contributed by atoms with Gasteiger partial charge in [0.05, 0.1) is 0 Å². The second-order valence-electron chi connectivity index (χ2n) is 3.38. The van der Waals surface area contributed by atoms with Crippen LogP contribution < -0.4 is 16.4 Å². The maximum Gasteiger partial charge on any atom is 0.242 e. The van der Waals surface area contributed by atoms with Gasteiger partial charge in [0, 0.05) is 19.0 Å². The Balaban J connectivity index is 2.27. The van der Waals surface area contributed by atoms with Gasteiger partial charge in [0.25, 0.3) is 0 Å². The van der Waals surface area contributed by atoms with Crippen LogP contribution in [0.25, 0.3) is 0 Å². The van der Waals surface area contributed by atoms with Gasteiger partial charge in [0.1, 0.15) is 6.04 Å². The zero-order valence-corrected chi connectivity index (χ0v) is 7.67. The van der Waals surface area contributed by atoms with Crippen LogP contribution in [-0.4, -0.2) is 30.4 Å². The third-order valence-corrected chi connectivity index (χ3v) is 1.91. The molecule has 2 amide bonds. The lowest BCUT2D eigenvalue weighted by Crippen LogP contribution is -2.45. The molecule has 0 bridgehead atoms. The lowest BCUT2D eigenvalue weighted by Gasteiger charge is -2.12. The lowest BCUT2D eigenvalue weighted by molar-refractivity contribution is -0.125. The monoisotopic (exact) mass is 185 g/mol.